The Morgan fingerprint density at radius 3 is 2.27 bits per heavy atom. The number of methoxy groups -OCH3 is 2. The molecule has 2 amide bonds. The largest absolute Gasteiger partial charge is 0.493 e. The average Bonchev–Trinajstić information content (AvgIpc) is 2.79. The van der Waals surface area contributed by atoms with Crippen molar-refractivity contribution in [2.24, 2.45) is 5.10 Å². The molecular weight excluding hydrogens is 382 g/mol. The average molecular weight is 403 g/mol. The number of hydrazone groups is 1. The van der Waals surface area contributed by atoms with Crippen LogP contribution in [0.3, 0.4) is 0 Å². The Hall–Kier alpha value is -4.13. The van der Waals surface area contributed by atoms with E-state index in [-0.39, 0.29) is 5.91 Å². The van der Waals surface area contributed by atoms with Gasteiger partial charge in [0.25, 0.3) is 11.8 Å². The molecule has 0 heterocycles. The van der Waals surface area contributed by atoms with Gasteiger partial charge in [-0.3, -0.25) is 9.59 Å². The molecule has 0 saturated carbocycles. The van der Waals surface area contributed by atoms with Gasteiger partial charge in [0.05, 0.1) is 31.7 Å². The molecule has 0 fully saturated rings. The zero-order valence-corrected chi connectivity index (χ0v) is 16.6. The van der Waals surface area contributed by atoms with Gasteiger partial charge in [0.1, 0.15) is 0 Å². The molecule has 0 spiro atoms. The molecule has 0 aromatic heterocycles. The van der Waals surface area contributed by atoms with Gasteiger partial charge in [-0.2, -0.15) is 5.10 Å². The maximum Gasteiger partial charge on any atom is 0.273 e. The molecule has 0 bridgehead atoms. The maximum atomic E-state index is 12.6. The van der Waals surface area contributed by atoms with Crippen molar-refractivity contribution < 1.29 is 19.1 Å². The predicted molar refractivity (Wildman–Crippen MR) is 115 cm³/mol. The van der Waals surface area contributed by atoms with Crippen molar-refractivity contribution in [2.45, 2.75) is 0 Å². The lowest BCUT2D eigenvalue weighted by Gasteiger charge is -2.10. The van der Waals surface area contributed by atoms with Crippen LogP contribution in [-0.2, 0) is 0 Å². The first-order valence-electron chi connectivity index (χ1n) is 9.13. The molecule has 0 aliphatic heterocycles. The summed E-state index contributed by atoms with van der Waals surface area (Å²) >= 11 is 0. The van der Waals surface area contributed by atoms with Crippen LogP contribution in [0.25, 0.3) is 0 Å². The fourth-order valence-electron chi connectivity index (χ4n) is 2.73. The number of benzene rings is 3. The molecule has 0 atom stereocenters. The van der Waals surface area contributed by atoms with Crippen LogP contribution in [0.1, 0.15) is 26.3 Å². The smallest absolute Gasteiger partial charge is 0.273 e. The van der Waals surface area contributed by atoms with Gasteiger partial charge in [-0.15, -0.1) is 0 Å². The summed E-state index contributed by atoms with van der Waals surface area (Å²) in [6.07, 6.45) is 1.49. The monoisotopic (exact) mass is 403 g/mol. The molecule has 7 heteroatoms. The normalized spacial score (nSPS) is 10.5. The summed E-state index contributed by atoms with van der Waals surface area (Å²) in [6.45, 7) is 0. The minimum atomic E-state index is -0.448. The van der Waals surface area contributed by atoms with Crippen LogP contribution in [-0.4, -0.2) is 32.2 Å². The van der Waals surface area contributed by atoms with Gasteiger partial charge in [-0.05, 0) is 48.0 Å². The van der Waals surface area contributed by atoms with E-state index in [1.165, 1.54) is 6.21 Å². The van der Waals surface area contributed by atoms with Crippen molar-refractivity contribution in [1.29, 1.82) is 0 Å². The first kappa shape index (κ1) is 20.6. The van der Waals surface area contributed by atoms with Crippen LogP contribution < -0.4 is 20.2 Å². The van der Waals surface area contributed by atoms with Crippen molar-refractivity contribution in [1.82, 2.24) is 5.43 Å². The highest BCUT2D eigenvalue weighted by atomic mass is 16.5. The molecule has 7 nitrogen and oxygen atoms in total. The number of carbonyl (C=O) groups is 2. The van der Waals surface area contributed by atoms with Crippen LogP contribution in [0.15, 0.2) is 77.9 Å². The van der Waals surface area contributed by atoms with Crippen LogP contribution in [0.4, 0.5) is 5.69 Å². The third-order valence-electron chi connectivity index (χ3n) is 4.24. The van der Waals surface area contributed by atoms with Crippen molar-refractivity contribution in [2.75, 3.05) is 19.5 Å². The SMILES string of the molecule is COc1ccc(/C=N\NC(=O)c2ccccc2NC(=O)c2ccccc2)cc1OC. The lowest BCUT2D eigenvalue weighted by molar-refractivity contribution is 0.0956. The van der Waals surface area contributed by atoms with E-state index in [1.54, 1.807) is 80.9 Å². The van der Waals surface area contributed by atoms with Crippen LogP contribution in [0, 0.1) is 0 Å². The number of amides is 2. The molecule has 3 aromatic rings. The van der Waals surface area contributed by atoms with Crippen molar-refractivity contribution in [3.8, 4) is 11.5 Å². The summed E-state index contributed by atoms with van der Waals surface area (Å²) in [6, 6.07) is 20.8. The summed E-state index contributed by atoms with van der Waals surface area (Å²) in [7, 11) is 3.10. The van der Waals surface area contributed by atoms with E-state index < -0.39 is 5.91 Å². The van der Waals surface area contributed by atoms with Crippen LogP contribution in [0.2, 0.25) is 0 Å². The second kappa shape index (κ2) is 9.88. The summed E-state index contributed by atoms with van der Waals surface area (Å²) in [5.41, 5.74) is 4.39. The number of hydrogen-bond donors (Lipinski definition) is 2. The highest BCUT2D eigenvalue weighted by molar-refractivity contribution is 6.09. The Morgan fingerprint density at radius 2 is 1.53 bits per heavy atom. The Bertz CT molecular complexity index is 1070. The molecule has 152 valence electrons. The first-order valence-corrected chi connectivity index (χ1v) is 9.13. The number of nitrogens with zero attached hydrogens (tertiary/aromatic N) is 1. The number of ether oxygens (including phenoxy) is 2. The molecule has 30 heavy (non-hydrogen) atoms. The minimum absolute atomic E-state index is 0.297. The summed E-state index contributed by atoms with van der Waals surface area (Å²) in [4.78, 5) is 25.0. The Labute approximate surface area is 174 Å². The third kappa shape index (κ3) is 5.02. The van der Waals surface area contributed by atoms with Gasteiger partial charge in [0.15, 0.2) is 11.5 Å². The number of rotatable bonds is 7. The topological polar surface area (TPSA) is 89.0 Å². The van der Waals surface area contributed by atoms with E-state index in [0.717, 1.165) is 5.56 Å². The molecule has 0 radical (unpaired) electrons. The highest BCUT2D eigenvalue weighted by Crippen LogP contribution is 2.26. The van der Waals surface area contributed by atoms with E-state index in [4.69, 9.17) is 9.47 Å². The van der Waals surface area contributed by atoms with E-state index in [0.29, 0.717) is 28.3 Å². The van der Waals surface area contributed by atoms with E-state index in [1.807, 2.05) is 6.07 Å². The lowest BCUT2D eigenvalue weighted by atomic mass is 10.1. The first-order chi connectivity index (χ1) is 14.6. The zero-order chi connectivity index (χ0) is 21.3. The molecule has 3 aromatic carbocycles. The number of anilines is 1. The molecular formula is C23H21N3O4. The van der Waals surface area contributed by atoms with Crippen molar-refractivity contribution >= 4 is 23.7 Å². The molecule has 0 saturated heterocycles. The van der Waals surface area contributed by atoms with E-state index in [2.05, 4.69) is 15.8 Å². The molecule has 3 rings (SSSR count). The Balaban J connectivity index is 1.70. The minimum Gasteiger partial charge on any atom is -0.493 e. The maximum absolute atomic E-state index is 12.6. The summed E-state index contributed by atoms with van der Waals surface area (Å²) < 4.78 is 10.4. The summed E-state index contributed by atoms with van der Waals surface area (Å²) in [5.74, 6) is 0.406. The molecule has 2 N–H and O–H groups in total. The number of carbonyl (C=O) groups excluding carboxylic acids is 2. The zero-order valence-electron chi connectivity index (χ0n) is 16.6. The van der Waals surface area contributed by atoms with Gasteiger partial charge in [0.2, 0.25) is 0 Å². The number of hydrogen-bond acceptors (Lipinski definition) is 5. The number of para-hydroxylation sites is 1. The van der Waals surface area contributed by atoms with Crippen molar-refractivity contribution in [3.63, 3.8) is 0 Å². The third-order valence-corrected chi connectivity index (χ3v) is 4.24. The molecule has 0 unspecified atom stereocenters. The quantitative estimate of drug-likeness (QED) is 0.465. The highest BCUT2D eigenvalue weighted by Gasteiger charge is 2.13. The van der Waals surface area contributed by atoms with E-state index in [9.17, 15) is 9.59 Å². The fraction of sp³-hybridized carbons (Fsp3) is 0.0870. The van der Waals surface area contributed by atoms with Gasteiger partial charge in [0, 0.05) is 5.56 Å². The number of nitrogens with one attached hydrogen (secondary N) is 2. The van der Waals surface area contributed by atoms with Gasteiger partial charge < -0.3 is 14.8 Å². The second-order valence-corrected chi connectivity index (χ2v) is 6.18. The standard InChI is InChI=1S/C23H21N3O4/c1-29-20-13-12-16(14-21(20)30-2)15-24-26-23(28)18-10-6-7-11-19(18)25-22(27)17-8-4-3-5-9-17/h3-15H,1-2H3,(H,25,27)(H,26,28)/b24-15-. The molecule has 0 aliphatic rings. The van der Waals surface area contributed by atoms with Gasteiger partial charge in [-0.1, -0.05) is 30.3 Å². The van der Waals surface area contributed by atoms with Crippen LogP contribution >= 0.6 is 0 Å². The predicted octanol–water partition coefficient (Wildman–Crippen LogP) is 3.72. The summed E-state index contributed by atoms with van der Waals surface area (Å²) in [5, 5.41) is 6.76. The lowest BCUT2D eigenvalue weighted by Crippen LogP contribution is -2.21. The van der Waals surface area contributed by atoms with Gasteiger partial charge >= 0.3 is 0 Å². The fourth-order valence-corrected chi connectivity index (χ4v) is 2.73. The van der Waals surface area contributed by atoms with Crippen LogP contribution in [0.5, 0.6) is 11.5 Å². The Kier molecular flexibility index (Phi) is 6.78. The van der Waals surface area contributed by atoms with Gasteiger partial charge in [-0.25, -0.2) is 5.43 Å². The van der Waals surface area contributed by atoms with E-state index >= 15 is 0 Å². The molecule has 0 aliphatic carbocycles. The van der Waals surface area contributed by atoms with Crippen molar-refractivity contribution in [3.05, 3.63) is 89.5 Å². The Morgan fingerprint density at radius 1 is 0.833 bits per heavy atom. The second-order valence-electron chi connectivity index (χ2n) is 6.18.